The largest absolute Gasteiger partial charge is 0.335 e. The van der Waals surface area contributed by atoms with Gasteiger partial charge in [0.25, 0.3) is 5.91 Å². The molecule has 1 amide bonds. The number of benzene rings is 1. The number of fused-ring (bicyclic) bond motifs is 3. The van der Waals surface area contributed by atoms with E-state index in [2.05, 4.69) is 42.2 Å². The molecule has 0 N–H and O–H groups in total. The predicted octanol–water partition coefficient (Wildman–Crippen LogP) is 3.68. The number of amides is 1. The number of hydrogen-bond acceptors (Lipinski definition) is 3. The summed E-state index contributed by atoms with van der Waals surface area (Å²) in [6.45, 7) is 7.09. The van der Waals surface area contributed by atoms with E-state index in [0.717, 1.165) is 50.4 Å². The first kappa shape index (κ1) is 15.9. The second kappa shape index (κ2) is 6.69. The van der Waals surface area contributed by atoms with E-state index in [0.29, 0.717) is 0 Å². The first-order valence-corrected chi connectivity index (χ1v) is 9.80. The average molecular weight is 340 g/mol. The molecule has 0 atom stereocenters. The fraction of sp³-hybridized carbons (Fsp3) is 0.450. The van der Waals surface area contributed by atoms with Crippen LogP contribution in [0.3, 0.4) is 0 Å². The number of hydrogen-bond donors (Lipinski definition) is 0. The molecule has 0 bridgehead atoms. The third kappa shape index (κ3) is 2.89. The summed E-state index contributed by atoms with van der Waals surface area (Å²) in [6, 6.07) is 10.8. The molecular weight excluding hydrogens is 316 g/mol. The van der Waals surface area contributed by atoms with Crippen LogP contribution in [0.1, 0.15) is 34.1 Å². The normalized spacial score (nSPS) is 17.5. The van der Waals surface area contributed by atoms with Crippen molar-refractivity contribution in [2.75, 3.05) is 32.7 Å². The van der Waals surface area contributed by atoms with E-state index in [-0.39, 0.29) is 5.91 Å². The van der Waals surface area contributed by atoms with Crippen LogP contribution in [-0.4, -0.2) is 48.4 Å². The molecule has 1 saturated heterocycles. The highest BCUT2D eigenvalue weighted by Gasteiger charge is 2.26. The van der Waals surface area contributed by atoms with Crippen molar-refractivity contribution in [2.24, 2.45) is 0 Å². The van der Waals surface area contributed by atoms with Crippen molar-refractivity contribution in [1.29, 1.82) is 0 Å². The molecule has 1 aromatic heterocycles. The molecule has 1 aliphatic carbocycles. The van der Waals surface area contributed by atoms with Crippen LogP contribution in [0, 0.1) is 0 Å². The summed E-state index contributed by atoms with van der Waals surface area (Å²) in [6.07, 6.45) is 3.33. The first-order chi connectivity index (χ1) is 11.8. The van der Waals surface area contributed by atoms with Crippen molar-refractivity contribution in [3.63, 3.8) is 0 Å². The molecule has 0 radical (unpaired) electrons. The number of rotatable bonds is 3. The Hall–Kier alpha value is -1.65. The Bertz CT molecular complexity index is 744. The molecule has 1 fully saturated rings. The summed E-state index contributed by atoms with van der Waals surface area (Å²) in [7, 11) is 0. The molecule has 24 heavy (non-hydrogen) atoms. The zero-order chi connectivity index (χ0) is 16.5. The van der Waals surface area contributed by atoms with Gasteiger partial charge in [-0.15, -0.1) is 11.3 Å². The number of aryl methyl sites for hydroxylation is 2. The molecule has 4 heteroatoms. The second-order valence-electron chi connectivity index (χ2n) is 6.76. The Morgan fingerprint density at radius 1 is 1.08 bits per heavy atom. The highest BCUT2D eigenvalue weighted by molar-refractivity contribution is 7.17. The van der Waals surface area contributed by atoms with Crippen molar-refractivity contribution in [3.05, 3.63) is 46.3 Å². The number of carbonyl (C=O) groups is 1. The van der Waals surface area contributed by atoms with E-state index in [9.17, 15) is 4.79 Å². The molecule has 2 aromatic rings. The van der Waals surface area contributed by atoms with Crippen molar-refractivity contribution in [1.82, 2.24) is 9.80 Å². The molecule has 4 rings (SSSR count). The molecule has 2 heterocycles. The minimum Gasteiger partial charge on any atom is -0.335 e. The van der Waals surface area contributed by atoms with Crippen LogP contribution in [0.5, 0.6) is 0 Å². The number of nitrogens with zero attached hydrogens (tertiary/aromatic N) is 2. The molecule has 126 valence electrons. The lowest BCUT2D eigenvalue weighted by atomic mass is 9.91. The third-order valence-corrected chi connectivity index (χ3v) is 6.34. The van der Waals surface area contributed by atoms with Gasteiger partial charge >= 0.3 is 0 Å². The quantitative estimate of drug-likeness (QED) is 0.851. The second-order valence-corrected chi connectivity index (χ2v) is 7.81. The van der Waals surface area contributed by atoms with Gasteiger partial charge in [0, 0.05) is 31.1 Å². The summed E-state index contributed by atoms with van der Waals surface area (Å²) in [5.74, 6) is 0.225. The van der Waals surface area contributed by atoms with Crippen LogP contribution >= 0.6 is 11.3 Å². The van der Waals surface area contributed by atoms with Gasteiger partial charge in [0.1, 0.15) is 0 Å². The minimum atomic E-state index is 0.225. The number of thiophene rings is 1. The fourth-order valence-corrected chi connectivity index (χ4v) is 5.06. The van der Waals surface area contributed by atoms with Crippen LogP contribution in [0.2, 0.25) is 0 Å². The zero-order valence-electron chi connectivity index (χ0n) is 14.3. The molecule has 0 saturated carbocycles. The minimum absolute atomic E-state index is 0.225. The van der Waals surface area contributed by atoms with E-state index in [1.165, 1.54) is 28.0 Å². The van der Waals surface area contributed by atoms with Crippen molar-refractivity contribution in [2.45, 2.75) is 26.2 Å². The van der Waals surface area contributed by atoms with E-state index < -0.39 is 0 Å². The lowest BCUT2D eigenvalue weighted by Gasteiger charge is -2.34. The number of carbonyl (C=O) groups excluding carboxylic acids is 1. The van der Waals surface area contributed by atoms with Gasteiger partial charge in [-0.2, -0.15) is 0 Å². The Morgan fingerprint density at radius 2 is 1.83 bits per heavy atom. The summed E-state index contributed by atoms with van der Waals surface area (Å²) in [4.78, 5) is 19.6. The molecule has 1 aliphatic heterocycles. The van der Waals surface area contributed by atoms with Gasteiger partial charge < -0.3 is 4.90 Å². The fourth-order valence-electron chi connectivity index (χ4n) is 3.82. The molecular formula is C20H24N2OS. The summed E-state index contributed by atoms with van der Waals surface area (Å²) < 4.78 is 0. The van der Waals surface area contributed by atoms with Gasteiger partial charge in [0.2, 0.25) is 0 Å². The zero-order valence-corrected chi connectivity index (χ0v) is 15.1. The highest BCUT2D eigenvalue weighted by Crippen LogP contribution is 2.39. The summed E-state index contributed by atoms with van der Waals surface area (Å²) >= 11 is 1.69. The lowest BCUT2D eigenvalue weighted by molar-refractivity contribution is 0.0642. The standard InChI is InChI=1S/C20H24N2OS/c1-2-9-21-10-12-22(13-11-21)20(23)18-14-16-8-7-15-5-3-4-6-17(15)19(16)24-18/h3-6,14H,2,7-13H2,1H3. The molecule has 2 aliphatic rings. The monoisotopic (exact) mass is 340 g/mol. The average Bonchev–Trinajstić information content (AvgIpc) is 3.07. The van der Waals surface area contributed by atoms with Crippen molar-refractivity contribution < 1.29 is 4.79 Å². The van der Waals surface area contributed by atoms with Gasteiger partial charge in [-0.1, -0.05) is 31.2 Å². The van der Waals surface area contributed by atoms with Gasteiger partial charge in [0.15, 0.2) is 0 Å². The van der Waals surface area contributed by atoms with Gasteiger partial charge in [-0.25, -0.2) is 0 Å². The van der Waals surface area contributed by atoms with Crippen LogP contribution in [0.25, 0.3) is 10.4 Å². The summed E-state index contributed by atoms with van der Waals surface area (Å²) in [5.41, 5.74) is 4.10. The van der Waals surface area contributed by atoms with E-state index in [4.69, 9.17) is 0 Å². The topological polar surface area (TPSA) is 23.6 Å². The maximum absolute atomic E-state index is 12.9. The maximum atomic E-state index is 12.9. The molecule has 3 nitrogen and oxygen atoms in total. The van der Waals surface area contributed by atoms with Gasteiger partial charge in [-0.05, 0) is 48.6 Å². The SMILES string of the molecule is CCCN1CCN(C(=O)c2cc3c(s2)-c2ccccc2CC3)CC1. The van der Waals surface area contributed by atoms with E-state index in [1.54, 1.807) is 11.3 Å². The van der Waals surface area contributed by atoms with Gasteiger partial charge in [-0.3, -0.25) is 9.69 Å². The maximum Gasteiger partial charge on any atom is 0.264 e. The number of piperazine rings is 1. The van der Waals surface area contributed by atoms with Crippen LogP contribution in [0.15, 0.2) is 30.3 Å². The Kier molecular flexibility index (Phi) is 4.42. The predicted molar refractivity (Wildman–Crippen MR) is 99.8 cm³/mol. The lowest BCUT2D eigenvalue weighted by Crippen LogP contribution is -2.48. The van der Waals surface area contributed by atoms with Crippen LogP contribution < -0.4 is 0 Å². The summed E-state index contributed by atoms with van der Waals surface area (Å²) in [5, 5.41) is 0. The van der Waals surface area contributed by atoms with E-state index in [1.807, 2.05) is 4.90 Å². The highest BCUT2D eigenvalue weighted by atomic mass is 32.1. The van der Waals surface area contributed by atoms with Crippen molar-refractivity contribution in [3.8, 4) is 10.4 Å². The Labute approximate surface area is 147 Å². The van der Waals surface area contributed by atoms with E-state index >= 15 is 0 Å². The molecule has 1 aromatic carbocycles. The molecule has 0 unspecified atom stereocenters. The Morgan fingerprint density at radius 3 is 2.62 bits per heavy atom. The van der Waals surface area contributed by atoms with Gasteiger partial charge in [0.05, 0.1) is 4.88 Å². The first-order valence-electron chi connectivity index (χ1n) is 8.99. The smallest absolute Gasteiger partial charge is 0.264 e. The van der Waals surface area contributed by atoms with Crippen molar-refractivity contribution >= 4 is 17.2 Å². The Balaban J connectivity index is 1.53. The van der Waals surface area contributed by atoms with Crippen LogP contribution in [-0.2, 0) is 12.8 Å². The third-order valence-electron chi connectivity index (χ3n) is 5.14. The molecule has 0 spiro atoms. The van der Waals surface area contributed by atoms with Crippen LogP contribution in [0.4, 0.5) is 0 Å².